The van der Waals surface area contributed by atoms with E-state index in [-0.39, 0.29) is 18.0 Å². The monoisotopic (exact) mass is 525 g/mol. The number of methoxy groups -OCH3 is 1. The predicted molar refractivity (Wildman–Crippen MR) is 154 cm³/mol. The van der Waals surface area contributed by atoms with Gasteiger partial charge < -0.3 is 24.8 Å². The molecule has 2 atom stereocenters. The molecule has 8 heteroatoms. The van der Waals surface area contributed by atoms with Gasteiger partial charge in [-0.25, -0.2) is 0 Å². The molecule has 2 aromatic carbocycles. The second-order valence-corrected chi connectivity index (χ2v) is 9.81. The van der Waals surface area contributed by atoms with Crippen LogP contribution in [0.25, 0.3) is 5.69 Å². The number of hydrogen-bond acceptors (Lipinski definition) is 4. The first-order valence-corrected chi connectivity index (χ1v) is 13.0. The number of rotatable bonds is 8. The van der Waals surface area contributed by atoms with E-state index in [9.17, 15) is 4.79 Å². The molecule has 0 bridgehead atoms. The van der Waals surface area contributed by atoms with E-state index in [1.54, 1.807) is 13.3 Å². The molecule has 0 saturated carbocycles. The summed E-state index contributed by atoms with van der Waals surface area (Å²) in [6.07, 6.45) is 2.09. The van der Waals surface area contributed by atoms with Gasteiger partial charge in [0.2, 0.25) is 5.91 Å². The van der Waals surface area contributed by atoms with Gasteiger partial charge in [0.1, 0.15) is 5.75 Å². The number of nitrogens with zero attached hydrogens (tertiary/aromatic N) is 3. The van der Waals surface area contributed by atoms with Gasteiger partial charge in [0, 0.05) is 41.9 Å². The van der Waals surface area contributed by atoms with E-state index >= 15 is 0 Å². The summed E-state index contributed by atoms with van der Waals surface area (Å²) in [7, 11) is 1.66. The van der Waals surface area contributed by atoms with Gasteiger partial charge in [-0.15, -0.1) is 0 Å². The molecule has 0 radical (unpaired) electrons. The topological polar surface area (TPSA) is 71.4 Å². The van der Waals surface area contributed by atoms with Crippen molar-refractivity contribution >= 4 is 28.9 Å². The lowest BCUT2D eigenvalue weighted by Gasteiger charge is -2.29. The third kappa shape index (κ3) is 5.26. The van der Waals surface area contributed by atoms with Crippen LogP contribution in [0, 0.1) is 13.8 Å². The molecule has 5 rings (SSSR count). The predicted octanol–water partition coefficient (Wildman–Crippen LogP) is 5.50. The molecule has 1 aliphatic heterocycles. The lowest BCUT2D eigenvalue weighted by atomic mass is 10.0. The molecule has 38 heavy (non-hydrogen) atoms. The third-order valence-electron chi connectivity index (χ3n) is 6.82. The minimum absolute atomic E-state index is 0.0554. The average Bonchev–Trinajstić information content (AvgIpc) is 3.46. The summed E-state index contributed by atoms with van der Waals surface area (Å²) in [5.74, 6) is 0.747. The molecule has 1 saturated heterocycles. The molecule has 2 aromatic heterocycles. The first-order chi connectivity index (χ1) is 18.4. The number of benzene rings is 2. The van der Waals surface area contributed by atoms with Crippen LogP contribution in [0.15, 0.2) is 85.1 Å². The Kier molecular flexibility index (Phi) is 7.42. The van der Waals surface area contributed by atoms with Crippen molar-refractivity contribution in [1.82, 2.24) is 19.8 Å². The van der Waals surface area contributed by atoms with Gasteiger partial charge in [-0.05, 0) is 92.3 Å². The van der Waals surface area contributed by atoms with Gasteiger partial charge in [0.25, 0.3) is 0 Å². The highest BCUT2D eigenvalue weighted by Crippen LogP contribution is 2.40. The molecule has 194 valence electrons. The Morgan fingerprint density at radius 3 is 2.58 bits per heavy atom. The van der Waals surface area contributed by atoms with Crippen LogP contribution < -0.4 is 15.4 Å². The molecule has 2 N–H and O–H groups in total. The molecule has 0 spiro atoms. The normalized spacial score (nSPS) is 16.8. The summed E-state index contributed by atoms with van der Waals surface area (Å²) < 4.78 is 7.60. The van der Waals surface area contributed by atoms with Crippen molar-refractivity contribution in [2.45, 2.75) is 32.4 Å². The molecular formula is C30H31N5O2S. The smallest absolute Gasteiger partial charge is 0.226 e. The molecule has 7 nitrogen and oxygen atoms in total. The third-order valence-corrected chi connectivity index (χ3v) is 7.17. The van der Waals surface area contributed by atoms with E-state index in [2.05, 4.69) is 44.1 Å². The zero-order chi connectivity index (χ0) is 26.6. The van der Waals surface area contributed by atoms with Crippen LogP contribution in [0.4, 0.5) is 5.69 Å². The van der Waals surface area contributed by atoms with E-state index in [1.165, 1.54) is 0 Å². The van der Waals surface area contributed by atoms with Gasteiger partial charge in [0.05, 0.1) is 24.9 Å². The van der Waals surface area contributed by atoms with Crippen LogP contribution in [0.3, 0.4) is 0 Å². The highest BCUT2D eigenvalue weighted by molar-refractivity contribution is 7.80. The highest BCUT2D eigenvalue weighted by atomic mass is 32.1. The molecule has 1 aliphatic rings. The zero-order valence-corrected chi connectivity index (χ0v) is 22.5. The second-order valence-electron chi connectivity index (χ2n) is 9.42. The molecule has 0 unspecified atom stereocenters. The first-order valence-electron chi connectivity index (χ1n) is 12.6. The number of pyridine rings is 1. The number of carbonyl (C=O) groups excluding carboxylic acids is 1. The fourth-order valence-electron chi connectivity index (χ4n) is 5.01. The van der Waals surface area contributed by atoms with Crippen LogP contribution in [-0.4, -0.2) is 39.1 Å². The summed E-state index contributed by atoms with van der Waals surface area (Å²) in [4.78, 5) is 19.7. The lowest BCUT2D eigenvalue weighted by Crippen LogP contribution is -2.33. The van der Waals surface area contributed by atoms with Crippen molar-refractivity contribution in [3.8, 4) is 11.4 Å². The van der Waals surface area contributed by atoms with Crippen LogP contribution in [0.2, 0.25) is 0 Å². The van der Waals surface area contributed by atoms with E-state index in [0.717, 1.165) is 39.8 Å². The number of ether oxygens (including phenoxy) is 1. The van der Waals surface area contributed by atoms with Crippen LogP contribution in [-0.2, 0) is 4.79 Å². The maximum atomic E-state index is 12.9. The van der Waals surface area contributed by atoms with E-state index in [1.807, 2.05) is 73.7 Å². The van der Waals surface area contributed by atoms with Crippen molar-refractivity contribution in [3.05, 3.63) is 108 Å². The largest absolute Gasteiger partial charge is 0.497 e. The fraction of sp³-hybridized carbons (Fsp3) is 0.233. The number of aromatic nitrogens is 2. The summed E-state index contributed by atoms with van der Waals surface area (Å²) >= 11 is 5.82. The maximum absolute atomic E-state index is 12.9. The number of anilines is 1. The Morgan fingerprint density at radius 1 is 1.05 bits per heavy atom. The zero-order valence-electron chi connectivity index (χ0n) is 21.7. The minimum atomic E-state index is -0.171. The SMILES string of the molecule is COc1ccc(-n2c(C)ccc2[C@H]2[C@@H](c3ccccn3)NC(=S)N2CCC(=O)Nc2cccc(C)c2)cc1. The fourth-order valence-corrected chi connectivity index (χ4v) is 5.34. The molecule has 1 amide bonds. The van der Waals surface area contributed by atoms with Gasteiger partial charge in [-0.1, -0.05) is 18.2 Å². The molecule has 3 heterocycles. The minimum Gasteiger partial charge on any atom is -0.497 e. The van der Waals surface area contributed by atoms with Gasteiger partial charge >= 0.3 is 0 Å². The Bertz CT molecular complexity index is 1430. The Morgan fingerprint density at radius 2 is 1.87 bits per heavy atom. The number of aryl methyl sites for hydroxylation is 2. The standard InChI is InChI=1S/C30H31N5O2S/c1-20-7-6-8-22(19-20)32-27(36)16-18-34-29(28(33-30(34)38)25-9-4-5-17-31-25)26-15-10-21(2)35(26)23-11-13-24(37-3)14-12-23/h4-15,17,19,28-29H,16,18H2,1-3H3,(H,32,36)(H,33,38)/t28-,29+/m1/s1. The molecule has 1 fully saturated rings. The average molecular weight is 526 g/mol. The van der Waals surface area contributed by atoms with Crippen molar-refractivity contribution in [1.29, 1.82) is 0 Å². The van der Waals surface area contributed by atoms with Crippen LogP contribution in [0.1, 0.15) is 41.1 Å². The quantitative estimate of drug-likeness (QED) is 0.296. The van der Waals surface area contributed by atoms with Crippen LogP contribution >= 0.6 is 12.2 Å². The van der Waals surface area contributed by atoms with Gasteiger partial charge in [0.15, 0.2) is 5.11 Å². The number of nitrogens with one attached hydrogen (secondary N) is 2. The molecular weight excluding hydrogens is 494 g/mol. The number of carbonyl (C=O) groups is 1. The Balaban J connectivity index is 1.47. The van der Waals surface area contributed by atoms with Gasteiger partial charge in [-0.2, -0.15) is 0 Å². The second kappa shape index (κ2) is 11.1. The van der Waals surface area contributed by atoms with Crippen LogP contribution in [0.5, 0.6) is 5.75 Å². The number of hydrogen-bond donors (Lipinski definition) is 2. The van der Waals surface area contributed by atoms with E-state index in [4.69, 9.17) is 17.0 Å². The van der Waals surface area contributed by atoms with Crippen molar-refractivity contribution in [2.75, 3.05) is 19.0 Å². The highest BCUT2D eigenvalue weighted by Gasteiger charge is 2.41. The Labute approximate surface area is 228 Å². The summed E-state index contributed by atoms with van der Waals surface area (Å²) in [5, 5.41) is 7.10. The molecule has 4 aromatic rings. The van der Waals surface area contributed by atoms with E-state index in [0.29, 0.717) is 18.1 Å². The summed E-state index contributed by atoms with van der Waals surface area (Å²) in [6.45, 7) is 4.56. The van der Waals surface area contributed by atoms with Crippen molar-refractivity contribution in [3.63, 3.8) is 0 Å². The van der Waals surface area contributed by atoms with Crippen molar-refractivity contribution < 1.29 is 9.53 Å². The number of thiocarbonyl (C=S) groups is 1. The number of amides is 1. The first kappa shape index (κ1) is 25.5. The molecule has 0 aliphatic carbocycles. The maximum Gasteiger partial charge on any atom is 0.226 e. The Hall–Kier alpha value is -4.17. The summed E-state index contributed by atoms with van der Waals surface area (Å²) in [6, 6.07) is 25.6. The van der Waals surface area contributed by atoms with E-state index < -0.39 is 0 Å². The lowest BCUT2D eigenvalue weighted by molar-refractivity contribution is -0.116. The summed E-state index contributed by atoms with van der Waals surface area (Å²) in [5.41, 5.74) is 5.98. The van der Waals surface area contributed by atoms with Gasteiger partial charge in [-0.3, -0.25) is 9.78 Å². The van der Waals surface area contributed by atoms with Crippen molar-refractivity contribution in [2.24, 2.45) is 0 Å².